The van der Waals surface area contributed by atoms with Gasteiger partial charge in [0.1, 0.15) is 17.2 Å². The van der Waals surface area contributed by atoms with Gasteiger partial charge in [-0.1, -0.05) is 6.07 Å². The second kappa shape index (κ2) is 8.47. The van der Waals surface area contributed by atoms with E-state index in [0.717, 1.165) is 18.4 Å². The van der Waals surface area contributed by atoms with Crippen LogP contribution < -0.4 is 15.5 Å². The van der Waals surface area contributed by atoms with Crippen molar-refractivity contribution in [3.05, 3.63) is 62.6 Å². The summed E-state index contributed by atoms with van der Waals surface area (Å²) in [6, 6.07) is 1.27. The third kappa shape index (κ3) is 4.05. The zero-order valence-corrected chi connectivity index (χ0v) is 19.1. The normalized spacial score (nSPS) is 19.3. The summed E-state index contributed by atoms with van der Waals surface area (Å²) in [7, 11) is -3.78. The molecule has 13 heteroatoms. The van der Waals surface area contributed by atoms with Crippen LogP contribution in [0.2, 0.25) is 0 Å². The number of nitrogens with zero attached hydrogens (tertiary/aromatic N) is 2. The fourth-order valence-electron chi connectivity index (χ4n) is 4.54. The molecule has 10 nitrogen and oxygen atoms in total. The molecular formula is C21H22F2N4O6S. The molecule has 182 valence electrons. The Morgan fingerprint density at radius 1 is 1.26 bits per heavy atom. The van der Waals surface area contributed by atoms with Gasteiger partial charge in [-0.15, -0.1) is 0 Å². The summed E-state index contributed by atoms with van der Waals surface area (Å²) in [6.07, 6.45) is 1.06. The number of likely N-dealkylation sites (N-methyl/N-ethyl adjacent to an activating group) is 1. The molecule has 0 saturated heterocycles. The van der Waals surface area contributed by atoms with Crippen molar-refractivity contribution in [1.82, 2.24) is 19.5 Å². The van der Waals surface area contributed by atoms with Gasteiger partial charge in [0.15, 0.2) is 11.4 Å². The number of hydrogen-bond donors (Lipinski definition) is 3. The van der Waals surface area contributed by atoms with Crippen LogP contribution >= 0.6 is 0 Å². The van der Waals surface area contributed by atoms with Crippen molar-refractivity contribution in [2.24, 2.45) is 0 Å². The van der Waals surface area contributed by atoms with Crippen molar-refractivity contribution in [2.75, 3.05) is 19.3 Å². The molecule has 2 aromatic rings. The summed E-state index contributed by atoms with van der Waals surface area (Å²) < 4.78 is 54.8. The number of sulfonamides is 1. The first-order valence-corrected chi connectivity index (χ1v) is 12.3. The highest BCUT2D eigenvalue weighted by Crippen LogP contribution is 2.42. The molecule has 0 fully saturated rings. The monoisotopic (exact) mass is 496 g/mol. The molecule has 0 aliphatic carbocycles. The molecule has 0 saturated carbocycles. The number of aromatic nitrogens is 1. The van der Waals surface area contributed by atoms with Crippen LogP contribution in [0.25, 0.3) is 0 Å². The van der Waals surface area contributed by atoms with Crippen LogP contribution in [0.3, 0.4) is 0 Å². The van der Waals surface area contributed by atoms with Gasteiger partial charge in [0, 0.05) is 31.3 Å². The predicted molar refractivity (Wildman–Crippen MR) is 116 cm³/mol. The molecular weight excluding hydrogens is 474 g/mol. The number of halogens is 2. The van der Waals surface area contributed by atoms with Gasteiger partial charge in [0.05, 0.1) is 24.0 Å². The van der Waals surface area contributed by atoms with Crippen LogP contribution in [-0.2, 0) is 16.6 Å². The van der Waals surface area contributed by atoms with Gasteiger partial charge >= 0.3 is 0 Å². The summed E-state index contributed by atoms with van der Waals surface area (Å²) in [5.74, 6) is -4.24. The predicted octanol–water partition coefficient (Wildman–Crippen LogP) is 0.773. The first kappa shape index (κ1) is 23.8. The molecule has 3 N–H and O–H groups in total. The summed E-state index contributed by atoms with van der Waals surface area (Å²) in [5.41, 5.74) is -2.10. The lowest BCUT2D eigenvalue weighted by Crippen LogP contribution is -2.44. The van der Waals surface area contributed by atoms with Crippen LogP contribution in [0.4, 0.5) is 8.78 Å². The van der Waals surface area contributed by atoms with E-state index in [0.29, 0.717) is 12.6 Å². The highest BCUT2D eigenvalue weighted by Gasteiger charge is 2.45. The average molecular weight is 496 g/mol. The Bertz CT molecular complexity index is 1370. The van der Waals surface area contributed by atoms with Gasteiger partial charge < -0.3 is 19.9 Å². The van der Waals surface area contributed by atoms with E-state index in [1.54, 1.807) is 6.92 Å². The number of carbonyl (C=O) groups excluding carboxylic acids is 2. The number of hydrogen-bond acceptors (Lipinski definition) is 6. The van der Waals surface area contributed by atoms with Gasteiger partial charge in [-0.2, -0.15) is 0 Å². The maximum atomic E-state index is 14.0. The van der Waals surface area contributed by atoms with Crippen molar-refractivity contribution in [3.8, 4) is 5.75 Å². The zero-order chi connectivity index (χ0) is 24.9. The maximum absolute atomic E-state index is 14.0. The number of pyridine rings is 1. The number of carbonyl (C=O) groups is 2. The molecule has 2 amide bonds. The van der Waals surface area contributed by atoms with Crippen molar-refractivity contribution >= 4 is 21.8 Å². The Morgan fingerprint density at radius 3 is 2.59 bits per heavy atom. The van der Waals surface area contributed by atoms with Gasteiger partial charge in [0.25, 0.3) is 11.8 Å². The topological polar surface area (TPSA) is 138 Å². The number of benzene rings is 1. The standard InChI is InChI=1S/C21H22F2N4O6S/c1-3-26-9-12-7-14(25-34(2,32)33)16-15(18(28)19(29)17(21(26)31)27(12)16)20(30)24-8-10-4-5-11(22)6-13(10)23/h4-6,12,14,25,29H,3,7-9H2,1-2H3,(H,24,30)/t12-,14+/m1/s1. The molecule has 1 aromatic heterocycles. The number of aromatic hydroxyl groups is 1. The SMILES string of the molecule is CCN1C[C@H]2C[C@H](NS(C)(=O)=O)c3c(C(=O)NCc4ccc(F)cc4F)c(=O)c(O)c(n32)C1=O. The summed E-state index contributed by atoms with van der Waals surface area (Å²) in [5, 5.41) is 13.0. The minimum absolute atomic E-state index is 0.0468. The summed E-state index contributed by atoms with van der Waals surface area (Å²) >= 11 is 0. The molecule has 2 aliphatic rings. The van der Waals surface area contributed by atoms with E-state index in [-0.39, 0.29) is 29.9 Å². The molecule has 0 unspecified atom stereocenters. The lowest BCUT2D eigenvalue weighted by molar-refractivity contribution is 0.0675. The van der Waals surface area contributed by atoms with E-state index in [1.807, 2.05) is 0 Å². The third-order valence-corrected chi connectivity index (χ3v) is 6.68. The first-order chi connectivity index (χ1) is 15.9. The third-order valence-electron chi connectivity index (χ3n) is 5.97. The van der Waals surface area contributed by atoms with Crippen LogP contribution in [0, 0.1) is 11.6 Å². The van der Waals surface area contributed by atoms with Gasteiger partial charge in [-0.25, -0.2) is 21.9 Å². The molecule has 1 aromatic carbocycles. The molecule has 0 spiro atoms. The van der Waals surface area contributed by atoms with Gasteiger partial charge in [-0.05, 0) is 19.4 Å². The number of rotatable bonds is 6. The molecule has 4 rings (SSSR count). The molecule has 2 atom stereocenters. The Morgan fingerprint density at radius 2 is 1.97 bits per heavy atom. The number of nitrogens with one attached hydrogen (secondary N) is 2. The van der Waals surface area contributed by atoms with Crippen molar-refractivity contribution in [3.63, 3.8) is 0 Å². The van der Waals surface area contributed by atoms with Crippen molar-refractivity contribution in [1.29, 1.82) is 0 Å². The largest absolute Gasteiger partial charge is 0.503 e. The van der Waals surface area contributed by atoms with Crippen LogP contribution in [0.15, 0.2) is 23.0 Å². The molecule has 34 heavy (non-hydrogen) atoms. The average Bonchev–Trinajstić information content (AvgIpc) is 3.07. The summed E-state index contributed by atoms with van der Waals surface area (Å²) in [4.78, 5) is 40.4. The summed E-state index contributed by atoms with van der Waals surface area (Å²) in [6.45, 7) is 1.82. The first-order valence-electron chi connectivity index (χ1n) is 10.4. The fraction of sp³-hybridized carbons (Fsp3) is 0.381. The minimum atomic E-state index is -3.78. The van der Waals surface area contributed by atoms with E-state index in [9.17, 15) is 36.7 Å². The van der Waals surface area contributed by atoms with Gasteiger partial charge in [-0.3, -0.25) is 14.4 Å². The van der Waals surface area contributed by atoms with E-state index in [4.69, 9.17) is 0 Å². The lowest BCUT2D eigenvalue weighted by Gasteiger charge is -2.33. The molecule has 0 radical (unpaired) electrons. The van der Waals surface area contributed by atoms with E-state index in [1.165, 1.54) is 9.47 Å². The van der Waals surface area contributed by atoms with Crippen molar-refractivity contribution < 1.29 is 31.9 Å². The highest BCUT2D eigenvalue weighted by molar-refractivity contribution is 7.88. The second-order valence-corrected chi connectivity index (χ2v) is 10.0. The Balaban J connectivity index is 1.82. The quantitative estimate of drug-likeness (QED) is 0.540. The second-order valence-electron chi connectivity index (χ2n) is 8.25. The zero-order valence-electron chi connectivity index (χ0n) is 18.3. The lowest BCUT2D eigenvalue weighted by atomic mass is 10.0. The van der Waals surface area contributed by atoms with Crippen LogP contribution in [0.1, 0.15) is 57.5 Å². The van der Waals surface area contributed by atoms with E-state index < -0.39 is 68.8 Å². The van der Waals surface area contributed by atoms with Gasteiger partial charge in [0.2, 0.25) is 15.5 Å². The maximum Gasteiger partial charge on any atom is 0.274 e. The Kier molecular flexibility index (Phi) is 5.94. The molecule has 3 heterocycles. The Hall–Kier alpha value is -3.32. The van der Waals surface area contributed by atoms with E-state index in [2.05, 4.69) is 10.0 Å². The minimum Gasteiger partial charge on any atom is -0.503 e. The van der Waals surface area contributed by atoms with Crippen LogP contribution in [0.5, 0.6) is 5.75 Å². The number of amides is 2. The van der Waals surface area contributed by atoms with Crippen LogP contribution in [-0.4, -0.2) is 54.2 Å². The highest BCUT2D eigenvalue weighted by atomic mass is 32.2. The Labute approximate surface area is 193 Å². The van der Waals surface area contributed by atoms with E-state index >= 15 is 0 Å². The smallest absolute Gasteiger partial charge is 0.274 e. The fourth-order valence-corrected chi connectivity index (χ4v) is 5.26. The van der Waals surface area contributed by atoms with Crippen molar-refractivity contribution in [2.45, 2.75) is 32.0 Å². The molecule has 0 bridgehead atoms. The molecule has 2 aliphatic heterocycles.